The van der Waals surface area contributed by atoms with E-state index in [0.29, 0.717) is 11.3 Å². The molecule has 1 N–H and O–H groups in total. The summed E-state index contributed by atoms with van der Waals surface area (Å²) in [5, 5.41) is 9.30. The van der Waals surface area contributed by atoms with Crippen LogP contribution in [0.2, 0.25) is 0 Å². The standard InChI is InChI=1S/C17H21NO7S/c1-3-24-15(19)14-9-11-8-12(4-5-13(11)25-14)26(22,23)18-7-6-17(2,10-18)16(20)21/h4-5,8,14H,3,6-7,9-10H2,1-2H3,(H,20,21). The summed E-state index contributed by atoms with van der Waals surface area (Å²) in [4.78, 5) is 23.2. The number of carboxylic acids is 1. The number of carbonyl (C=O) groups is 2. The van der Waals surface area contributed by atoms with Crippen molar-refractivity contribution in [1.29, 1.82) is 0 Å². The molecule has 0 amide bonds. The van der Waals surface area contributed by atoms with E-state index in [1.807, 2.05) is 0 Å². The molecule has 3 rings (SSSR count). The van der Waals surface area contributed by atoms with Crippen LogP contribution in [-0.2, 0) is 30.8 Å². The molecule has 0 aliphatic carbocycles. The van der Waals surface area contributed by atoms with E-state index in [0.717, 1.165) is 0 Å². The third kappa shape index (κ3) is 3.16. The Hall–Kier alpha value is -2.13. The SMILES string of the molecule is CCOC(=O)C1Cc2cc(S(=O)(=O)N3CCC(C)(C(=O)O)C3)ccc2O1. The molecule has 1 aromatic carbocycles. The minimum absolute atomic E-state index is 0.0658. The highest BCUT2D eigenvalue weighted by molar-refractivity contribution is 7.89. The van der Waals surface area contributed by atoms with Gasteiger partial charge in [-0.1, -0.05) is 0 Å². The van der Waals surface area contributed by atoms with Crippen molar-refractivity contribution in [3.63, 3.8) is 0 Å². The molecule has 1 saturated heterocycles. The molecule has 2 atom stereocenters. The zero-order valence-corrected chi connectivity index (χ0v) is 15.4. The molecule has 2 aliphatic rings. The average Bonchev–Trinajstić information content (AvgIpc) is 3.19. The summed E-state index contributed by atoms with van der Waals surface area (Å²) < 4.78 is 37.4. The van der Waals surface area contributed by atoms with Gasteiger partial charge in [0, 0.05) is 19.5 Å². The van der Waals surface area contributed by atoms with Gasteiger partial charge in [0.25, 0.3) is 0 Å². The first-order valence-corrected chi connectivity index (χ1v) is 9.81. The van der Waals surface area contributed by atoms with Gasteiger partial charge in [0.05, 0.1) is 16.9 Å². The quantitative estimate of drug-likeness (QED) is 0.756. The predicted octanol–water partition coefficient (Wildman–Crippen LogP) is 1.04. The molecule has 0 aromatic heterocycles. The Kier molecular flexibility index (Phi) is 4.70. The lowest BCUT2D eigenvalue weighted by Gasteiger charge is -2.20. The predicted molar refractivity (Wildman–Crippen MR) is 90.3 cm³/mol. The number of ether oxygens (including phenoxy) is 2. The van der Waals surface area contributed by atoms with Gasteiger partial charge in [-0.25, -0.2) is 13.2 Å². The van der Waals surface area contributed by atoms with Crippen molar-refractivity contribution in [3.8, 4) is 5.75 Å². The van der Waals surface area contributed by atoms with Crippen LogP contribution < -0.4 is 4.74 Å². The van der Waals surface area contributed by atoms with Crippen molar-refractivity contribution < 1.29 is 32.6 Å². The van der Waals surface area contributed by atoms with Gasteiger partial charge in [0.1, 0.15) is 5.75 Å². The van der Waals surface area contributed by atoms with E-state index in [1.54, 1.807) is 13.8 Å². The minimum Gasteiger partial charge on any atom is -0.481 e. The van der Waals surface area contributed by atoms with E-state index in [4.69, 9.17) is 9.47 Å². The van der Waals surface area contributed by atoms with Gasteiger partial charge < -0.3 is 14.6 Å². The second kappa shape index (κ2) is 6.55. The van der Waals surface area contributed by atoms with Crippen molar-refractivity contribution in [2.75, 3.05) is 19.7 Å². The molecule has 0 radical (unpaired) electrons. The van der Waals surface area contributed by atoms with E-state index < -0.39 is 33.5 Å². The summed E-state index contributed by atoms with van der Waals surface area (Å²) in [6, 6.07) is 4.42. The largest absolute Gasteiger partial charge is 0.481 e. The van der Waals surface area contributed by atoms with E-state index in [-0.39, 0.29) is 37.4 Å². The first-order valence-electron chi connectivity index (χ1n) is 8.37. The Morgan fingerprint density at radius 2 is 2.15 bits per heavy atom. The van der Waals surface area contributed by atoms with Crippen LogP contribution in [0.25, 0.3) is 0 Å². The molecular formula is C17H21NO7S. The average molecular weight is 383 g/mol. The van der Waals surface area contributed by atoms with E-state index >= 15 is 0 Å². The minimum atomic E-state index is -3.81. The van der Waals surface area contributed by atoms with E-state index in [1.165, 1.54) is 22.5 Å². The van der Waals surface area contributed by atoms with Crippen LogP contribution in [0.3, 0.4) is 0 Å². The monoisotopic (exact) mass is 383 g/mol. The molecule has 2 heterocycles. The highest BCUT2D eigenvalue weighted by atomic mass is 32.2. The Bertz CT molecular complexity index is 851. The second-order valence-corrected chi connectivity index (χ2v) is 8.72. The summed E-state index contributed by atoms with van der Waals surface area (Å²) >= 11 is 0. The second-order valence-electron chi connectivity index (χ2n) is 6.79. The highest BCUT2D eigenvalue weighted by Gasteiger charge is 2.45. The maximum atomic E-state index is 12.9. The fraction of sp³-hybridized carbons (Fsp3) is 0.529. The molecule has 1 aromatic rings. The topological polar surface area (TPSA) is 110 Å². The zero-order valence-electron chi connectivity index (χ0n) is 14.6. The number of esters is 1. The number of rotatable bonds is 5. The van der Waals surface area contributed by atoms with Crippen LogP contribution in [0.5, 0.6) is 5.75 Å². The van der Waals surface area contributed by atoms with Gasteiger partial charge in [-0.05, 0) is 44.0 Å². The molecule has 2 aliphatic heterocycles. The summed E-state index contributed by atoms with van der Waals surface area (Å²) in [7, 11) is -3.81. The maximum absolute atomic E-state index is 12.9. The van der Waals surface area contributed by atoms with Crippen molar-refractivity contribution in [1.82, 2.24) is 4.31 Å². The van der Waals surface area contributed by atoms with Gasteiger partial charge in [-0.15, -0.1) is 0 Å². The van der Waals surface area contributed by atoms with Crippen LogP contribution in [0.1, 0.15) is 25.8 Å². The van der Waals surface area contributed by atoms with Crippen molar-refractivity contribution >= 4 is 22.0 Å². The molecule has 1 fully saturated rings. The van der Waals surface area contributed by atoms with Crippen molar-refractivity contribution in [2.45, 2.75) is 37.7 Å². The molecule has 9 heteroatoms. The number of aliphatic carboxylic acids is 1. The lowest BCUT2D eigenvalue weighted by molar-refractivity contribution is -0.150. The van der Waals surface area contributed by atoms with Crippen LogP contribution in [0, 0.1) is 5.41 Å². The third-order valence-electron chi connectivity index (χ3n) is 4.85. The number of nitrogens with zero attached hydrogens (tertiary/aromatic N) is 1. The lowest BCUT2D eigenvalue weighted by atomic mass is 9.90. The van der Waals surface area contributed by atoms with Crippen LogP contribution in [0.4, 0.5) is 0 Å². The molecule has 0 saturated carbocycles. The Balaban J connectivity index is 1.81. The molecule has 8 nitrogen and oxygen atoms in total. The molecule has 0 spiro atoms. The van der Waals surface area contributed by atoms with Crippen LogP contribution in [-0.4, -0.2) is 55.6 Å². The van der Waals surface area contributed by atoms with Crippen molar-refractivity contribution in [2.24, 2.45) is 5.41 Å². The van der Waals surface area contributed by atoms with Gasteiger partial charge in [0.2, 0.25) is 10.0 Å². The molecular weight excluding hydrogens is 362 g/mol. The normalized spacial score (nSPS) is 25.5. The van der Waals surface area contributed by atoms with Gasteiger partial charge in [-0.2, -0.15) is 4.31 Å². The van der Waals surface area contributed by atoms with Gasteiger partial charge in [0.15, 0.2) is 6.10 Å². The fourth-order valence-corrected chi connectivity index (χ4v) is 4.82. The van der Waals surface area contributed by atoms with E-state index in [9.17, 15) is 23.1 Å². The maximum Gasteiger partial charge on any atom is 0.347 e. The number of benzene rings is 1. The smallest absolute Gasteiger partial charge is 0.347 e. The molecule has 2 unspecified atom stereocenters. The van der Waals surface area contributed by atoms with Crippen LogP contribution in [0.15, 0.2) is 23.1 Å². The summed E-state index contributed by atoms with van der Waals surface area (Å²) in [6.45, 7) is 3.58. The van der Waals surface area contributed by atoms with E-state index in [2.05, 4.69) is 0 Å². The number of hydrogen-bond donors (Lipinski definition) is 1. The number of carboxylic acid groups (broad SMARTS) is 1. The van der Waals surface area contributed by atoms with Gasteiger partial charge in [-0.3, -0.25) is 4.79 Å². The lowest BCUT2D eigenvalue weighted by Crippen LogP contribution is -2.34. The fourth-order valence-electron chi connectivity index (χ4n) is 3.20. The van der Waals surface area contributed by atoms with Crippen LogP contribution >= 0.6 is 0 Å². The number of hydrogen-bond acceptors (Lipinski definition) is 6. The Morgan fingerprint density at radius 3 is 2.77 bits per heavy atom. The number of carbonyl (C=O) groups excluding carboxylic acids is 1. The first kappa shape index (κ1) is 18.7. The Labute approximate surface area is 151 Å². The molecule has 142 valence electrons. The van der Waals surface area contributed by atoms with Crippen molar-refractivity contribution in [3.05, 3.63) is 23.8 Å². The number of sulfonamides is 1. The van der Waals surface area contributed by atoms with Gasteiger partial charge >= 0.3 is 11.9 Å². The third-order valence-corrected chi connectivity index (χ3v) is 6.69. The summed E-state index contributed by atoms with van der Waals surface area (Å²) in [5.74, 6) is -1.03. The molecule has 0 bridgehead atoms. The summed E-state index contributed by atoms with van der Waals surface area (Å²) in [6.07, 6.45) is -0.268. The zero-order chi connectivity index (χ0) is 19.1. The number of fused-ring (bicyclic) bond motifs is 1. The summed E-state index contributed by atoms with van der Waals surface area (Å²) in [5.41, 5.74) is -0.466. The Morgan fingerprint density at radius 1 is 1.42 bits per heavy atom. The molecule has 26 heavy (non-hydrogen) atoms. The highest BCUT2D eigenvalue weighted by Crippen LogP contribution is 2.36. The first-order chi connectivity index (χ1) is 12.2.